The quantitative estimate of drug-likeness (QED) is 0.669. The number of ether oxygens (including phenoxy) is 1. The number of ketones is 1. The molecule has 2 heterocycles. The fourth-order valence-electron chi connectivity index (χ4n) is 3.29. The van der Waals surface area contributed by atoms with Crippen molar-refractivity contribution in [2.75, 3.05) is 0 Å². The van der Waals surface area contributed by atoms with Gasteiger partial charge in [0.2, 0.25) is 0 Å². The lowest BCUT2D eigenvalue weighted by Crippen LogP contribution is -2.60. The van der Waals surface area contributed by atoms with E-state index in [4.69, 9.17) is 4.74 Å². The molecule has 4 rings (SSSR count). The average Bonchev–Trinajstić information content (AvgIpc) is 2.46. The summed E-state index contributed by atoms with van der Waals surface area (Å²) in [7, 11) is 0. The highest BCUT2D eigenvalue weighted by Crippen LogP contribution is 2.47. The van der Waals surface area contributed by atoms with Gasteiger partial charge in [0.05, 0.1) is 11.5 Å². The number of halogens is 3. The van der Waals surface area contributed by atoms with Crippen LogP contribution in [0.1, 0.15) is 24.0 Å². The van der Waals surface area contributed by atoms with Crippen molar-refractivity contribution in [1.82, 2.24) is 0 Å². The lowest BCUT2D eigenvalue weighted by molar-refractivity contribution is -0.189. The fourth-order valence-corrected chi connectivity index (χ4v) is 3.29. The van der Waals surface area contributed by atoms with Crippen LogP contribution in [0.2, 0.25) is 0 Å². The van der Waals surface area contributed by atoms with E-state index in [9.17, 15) is 27.9 Å². The molecule has 1 aromatic carbocycles. The molecule has 0 aromatic heterocycles. The molecular formula is C16H13F3O4. The van der Waals surface area contributed by atoms with Crippen LogP contribution in [0.25, 0.3) is 0 Å². The minimum atomic E-state index is -4.46. The zero-order valence-electron chi connectivity index (χ0n) is 12.0. The first-order valence-corrected chi connectivity index (χ1v) is 6.95. The van der Waals surface area contributed by atoms with E-state index in [0.29, 0.717) is 5.56 Å². The zero-order chi connectivity index (χ0) is 17.0. The molecule has 23 heavy (non-hydrogen) atoms. The summed E-state index contributed by atoms with van der Waals surface area (Å²) in [4.78, 5) is 23.8. The van der Waals surface area contributed by atoms with Gasteiger partial charge in [-0.3, -0.25) is 4.79 Å². The number of Topliss-reactive ketones (excluding diaryl/α,β-unsaturated/α-hetero) is 1. The smallest absolute Gasteiger partial charge is 0.416 e. The summed E-state index contributed by atoms with van der Waals surface area (Å²) in [5.74, 6) is -3.14. The zero-order valence-corrected chi connectivity index (χ0v) is 12.0. The Bertz CT molecular complexity index is 692. The Morgan fingerprint density at radius 2 is 1.87 bits per heavy atom. The van der Waals surface area contributed by atoms with Gasteiger partial charge in [-0.05, 0) is 36.8 Å². The van der Waals surface area contributed by atoms with Crippen molar-refractivity contribution in [3.05, 3.63) is 47.5 Å². The van der Waals surface area contributed by atoms with Crippen LogP contribution in [0, 0.1) is 5.92 Å². The fraction of sp³-hybridized carbons (Fsp3) is 0.375. The molecule has 0 saturated carbocycles. The second kappa shape index (κ2) is 4.92. The van der Waals surface area contributed by atoms with Crippen LogP contribution in [-0.2, 0) is 20.5 Å². The van der Waals surface area contributed by atoms with Gasteiger partial charge in [-0.15, -0.1) is 0 Å². The molecule has 7 heteroatoms. The monoisotopic (exact) mass is 326 g/mol. The predicted octanol–water partition coefficient (Wildman–Crippen LogP) is 2.22. The van der Waals surface area contributed by atoms with Crippen molar-refractivity contribution in [3.8, 4) is 0 Å². The molecule has 1 aliphatic carbocycles. The van der Waals surface area contributed by atoms with E-state index in [1.165, 1.54) is 31.2 Å². The average molecular weight is 326 g/mol. The SMILES string of the molecule is CC(=O)C1C(c2ccc(C(F)(F)F)cc2)C2C=CC1(O)C(=O)O2. The molecule has 2 bridgehead atoms. The highest BCUT2D eigenvalue weighted by atomic mass is 19.4. The van der Waals surface area contributed by atoms with E-state index in [1.54, 1.807) is 0 Å². The standard InChI is InChI=1S/C16H13F3O4/c1-8(20)13-12(11-6-7-15(13,22)14(21)23-11)9-2-4-10(5-3-9)16(17,18)19/h2-7,11-13,22H,1H3. The Labute approximate surface area is 129 Å². The maximum Gasteiger partial charge on any atom is 0.416 e. The number of carbonyl (C=O) groups is 2. The molecule has 0 spiro atoms. The minimum absolute atomic E-state index is 0.401. The molecule has 4 unspecified atom stereocenters. The van der Waals surface area contributed by atoms with Crippen LogP contribution >= 0.6 is 0 Å². The van der Waals surface area contributed by atoms with E-state index < -0.39 is 47.0 Å². The third-order valence-corrected chi connectivity index (χ3v) is 4.36. The lowest BCUT2D eigenvalue weighted by atomic mass is 9.65. The number of rotatable bonds is 2. The number of aliphatic hydroxyl groups is 1. The number of benzene rings is 1. The van der Waals surface area contributed by atoms with E-state index in [2.05, 4.69) is 0 Å². The molecule has 1 saturated heterocycles. The van der Waals surface area contributed by atoms with Crippen LogP contribution in [0.5, 0.6) is 0 Å². The number of hydrogen-bond donors (Lipinski definition) is 1. The van der Waals surface area contributed by atoms with E-state index >= 15 is 0 Å². The van der Waals surface area contributed by atoms with Gasteiger partial charge in [0.15, 0.2) is 5.60 Å². The highest BCUT2D eigenvalue weighted by molar-refractivity contribution is 5.94. The molecular weight excluding hydrogens is 313 g/mol. The summed E-state index contributed by atoms with van der Waals surface area (Å²) in [5.41, 5.74) is -2.49. The molecule has 0 amide bonds. The van der Waals surface area contributed by atoms with Crippen molar-refractivity contribution < 1.29 is 32.6 Å². The summed E-state index contributed by atoms with van der Waals surface area (Å²) >= 11 is 0. The van der Waals surface area contributed by atoms with E-state index in [1.807, 2.05) is 0 Å². The van der Waals surface area contributed by atoms with Gasteiger partial charge >= 0.3 is 12.1 Å². The van der Waals surface area contributed by atoms with E-state index in [0.717, 1.165) is 12.1 Å². The molecule has 3 aliphatic rings. The predicted molar refractivity (Wildman–Crippen MR) is 72.3 cm³/mol. The van der Waals surface area contributed by atoms with Gasteiger partial charge in [0, 0.05) is 5.92 Å². The topological polar surface area (TPSA) is 63.6 Å². The third-order valence-electron chi connectivity index (χ3n) is 4.36. The van der Waals surface area contributed by atoms with Crippen LogP contribution in [0.3, 0.4) is 0 Å². The van der Waals surface area contributed by atoms with Crippen LogP contribution in [0.4, 0.5) is 13.2 Å². The van der Waals surface area contributed by atoms with Crippen LogP contribution in [0.15, 0.2) is 36.4 Å². The molecule has 1 N–H and O–H groups in total. The van der Waals surface area contributed by atoms with Crippen molar-refractivity contribution in [1.29, 1.82) is 0 Å². The normalized spacial score (nSPS) is 32.7. The molecule has 0 radical (unpaired) electrons. The van der Waals surface area contributed by atoms with Crippen molar-refractivity contribution in [2.45, 2.75) is 30.7 Å². The van der Waals surface area contributed by atoms with Crippen molar-refractivity contribution in [2.24, 2.45) is 5.92 Å². The van der Waals surface area contributed by atoms with Crippen LogP contribution < -0.4 is 0 Å². The Balaban J connectivity index is 2.03. The van der Waals surface area contributed by atoms with Gasteiger partial charge in [0.25, 0.3) is 0 Å². The first kappa shape index (κ1) is 15.7. The Kier molecular flexibility index (Phi) is 3.37. The van der Waals surface area contributed by atoms with Gasteiger partial charge in [-0.1, -0.05) is 12.1 Å². The summed E-state index contributed by atoms with van der Waals surface area (Å²) in [6, 6.07) is 4.30. The van der Waals surface area contributed by atoms with Crippen LogP contribution in [-0.4, -0.2) is 28.6 Å². The first-order chi connectivity index (χ1) is 10.6. The number of hydrogen-bond acceptors (Lipinski definition) is 4. The first-order valence-electron chi connectivity index (χ1n) is 6.95. The molecule has 1 aromatic rings. The number of alkyl halides is 3. The number of fused-ring (bicyclic) bond motifs is 2. The second-order valence-electron chi connectivity index (χ2n) is 5.79. The highest BCUT2D eigenvalue weighted by Gasteiger charge is 2.59. The lowest BCUT2D eigenvalue weighted by Gasteiger charge is -2.47. The Morgan fingerprint density at radius 3 is 2.35 bits per heavy atom. The third kappa shape index (κ3) is 2.35. The van der Waals surface area contributed by atoms with Crippen molar-refractivity contribution in [3.63, 3.8) is 0 Å². The van der Waals surface area contributed by atoms with Gasteiger partial charge < -0.3 is 9.84 Å². The van der Waals surface area contributed by atoms with Gasteiger partial charge in [0.1, 0.15) is 11.9 Å². The summed E-state index contributed by atoms with van der Waals surface area (Å²) < 4.78 is 43.0. The number of esters is 1. The molecule has 4 nitrogen and oxygen atoms in total. The number of carbonyl (C=O) groups excluding carboxylic acids is 2. The minimum Gasteiger partial charge on any atom is -0.455 e. The largest absolute Gasteiger partial charge is 0.455 e. The molecule has 2 aliphatic heterocycles. The Hall–Kier alpha value is -2.15. The molecule has 4 atom stereocenters. The maximum absolute atomic E-state index is 12.7. The maximum atomic E-state index is 12.7. The second-order valence-corrected chi connectivity index (χ2v) is 5.79. The van der Waals surface area contributed by atoms with Crippen molar-refractivity contribution >= 4 is 11.8 Å². The van der Waals surface area contributed by atoms with Gasteiger partial charge in [-0.25, -0.2) is 4.79 Å². The van der Waals surface area contributed by atoms with Gasteiger partial charge in [-0.2, -0.15) is 13.2 Å². The van der Waals surface area contributed by atoms with E-state index in [-0.39, 0.29) is 0 Å². The molecule has 122 valence electrons. The molecule has 1 fully saturated rings. The summed E-state index contributed by atoms with van der Waals surface area (Å²) in [6.07, 6.45) is -2.56. The summed E-state index contributed by atoms with van der Waals surface area (Å²) in [6.45, 7) is 1.24. The summed E-state index contributed by atoms with van der Waals surface area (Å²) in [5, 5.41) is 10.5. The Morgan fingerprint density at radius 1 is 1.26 bits per heavy atom.